The van der Waals surface area contributed by atoms with Crippen LogP contribution in [0.5, 0.6) is 5.75 Å². The molecule has 0 bridgehead atoms. The van der Waals surface area contributed by atoms with E-state index in [0.717, 1.165) is 17.3 Å². The summed E-state index contributed by atoms with van der Waals surface area (Å²) in [5, 5.41) is 11.4. The van der Waals surface area contributed by atoms with E-state index in [9.17, 15) is 0 Å². The minimum Gasteiger partial charge on any atom is -0.488 e. The summed E-state index contributed by atoms with van der Waals surface area (Å²) in [6.45, 7) is 7.91. The third-order valence-corrected chi connectivity index (χ3v) is 2.11. The number of ether oxygens (including phenoxy) is 1. The average Bonchev–Trinajstić information content (AvgIpc) is 2.62. The standard InChI is InChI=1S/C12H16N4O/c1-9-13-14-15-16(9)10-6-5-7-11(8-10)17-12(2,3)4/h5-8H,1-4H3. The molecule has 0 saturated carbocycles. The second-order valence-corrected chi connectivity index (χ2v) is 4.85. The van der Waals surface area contributed by atoms with E-state index >= 15 is 0 Å². The van der Waals surface area contributed by atoms with Crippen molar-refractivity contribution in [3.05, 3.63) is 30.1 Å². The van der Waals surface area contributed by atoms with Crippen molar-refractivity contribution in [2.45, 2.75) is 33.3 Å². The zero-order chi connectivity index (χ0) is 12.5. The minimum absolute atomic E-state index is 0.214. The molecule has 0 aliphatic carbocycles. The molecule has 5 heteroatoms. The number of tetrazole rings is 1. The first-order valence-corrected chi connectivity index (χ1v) is 5.50. The van der Waals surface area contributed by atoms with Crippen molar-refractivity contribution in [2.75, 3.05) is 0 Å². The number of aromatic nitrogens is 4. The van der Waals surface area contributed by atoms with Crippen LogP contribution in [0.3, 0.4) is 0 Å². The zero-order valence-electron chi connectivity index (χ0n) is 10.5. The van der Waals surface area contributed by atoms with Gasteiger partial charge in [0, 0.05) is 6.07 Å². The van der Waals surface area contributed by atoms with Crippen LogP contribution in [0.15, 0.2) is 24.3 Å². The summed E-state index contributed by atoms with van der Waals surface area (Å²) in [5.74, 6) is 1.56. The molecule has 1 heterocycles. The molecule has 0 aliphatic rings. The van der Waals surface area contributed by atoms with E-state index in [1.54, 1.807) is 4.68 Å². The first-order valence-electron chi connectivity index (χ1n) is 5.50. The van der Waals surface area contributed by atoms with Crippen LogP contribution < -0.4 is 4.74 Å². The Balaban J connectivity index is 2.32. The van der Waals surface area contributed by atoms with Crippen molar-refractivity contribution in [1.29, 1.82) is 0 Å². The maximum Gasteiger partial charge on any atom is 0.153 e. The largest absolute Gasteiger partial charge is 0.488 e. The van der Waals surface area contributed by atoms with Crippen molar-refractivity contribution in [1.82, 2.24) is 20.2 Å². The quantitative estimate of drug-likeness (QED) is 0.796. The first-order chi connectivity index (χ1) is 7.96. The molecule has 1 aromatic heterocycles. The third-order valence-electron chi connectivity index (χ3n) is 2.11. The smallest absolute Gasteiger partial charge is 0.153 e. The van der Waals surface area contributed by atoms with Crippen molar-refractivity contribution in [3.63, 3.8) is 0 Å². The lowest BCUT2D eigenvalue weighted by molar-refractivity contribution is 0.131. The van der Waals surface area contributed by atoms with Gasteiger partial charge >= 0.3 is 0 Å². The van der Waals surface area contributed by atoms with Gasteiger partial charge in [-0.25, -0.2) is 0 Å². The number of rotatable bonds is 2. The normalized spacial score (nSPS) is 11.5. The molecule has 17 heavy (non-hydrogen) atoms. The molecule has 0 spiro atoms. The summed E-state index contributed by atoms with van der Waals surface area (Å²) in [7, 11) is 0. The maximum absolute atomic E-state index is 5.80. The van der Waals surface area contributed by atoms with E-state index in [2.05, 4.69) is 15.5 Å². The second kappa shape index (κ2) is 4.16. The molecule has 0 atom stereocenters. The fourth-order valence-corrected chi connectivity index (χ4v) is 1.50. The molecule has 2 aromatic rings. The molecular formula is C12H16N4O. The SMILES string of the molecule is Cc1nnnn1-c1cccc(OC(C)(C)C)c1. The highest BCUT2D eigenvalue weighted by molar-refractivity contribution is 5.39. The average molecular weight is 232 g/mol. The van der Waals surface area contributed by atoms with E-state index in [4.69, 9.17) is 4.74 Å². The predicted octanol–water partition coefficient (Wildman–Crippen LogP) is 2.15. The van der Waals surface area contributed by atoms with Crippen LogP contribution >= 0.6 is 0 Å². The minimum atomic E-state index is -0.214. The molecule has 1 aromatic carbocycles. The summed E-state index contributed by atoms with van der Waals surface area (Å²) < 4.78 is 7.47. The van der Waals surface area contributed by atoms with Gasteiger partial charge in [-0.15, -0.1) is 5.10 Å². The lowest BCUT2D eigenvalue weighted by Crippen LogP contribution is -2.23. The van der Waals surface area contributed by atoms with Crippen LogP contribution in [0.1, 0.15) is 26.6 Å². The fraction of sp³-hybridized carbons (Fsp3) is 0.417. The van der Waals surface area contributed by atoms with Crippen molar-refractivity contribution in [2.24, 2.45) is 0 Å². The Morgan fingerprint density at radius 3 is 2.59 bits per heavy atom. The second-order valence-electron chi connectivity index (χ2n) is 4.85. The van der Waals surface area contributed by atoms with Crippen LogP contribution in [0.4, 0.5) is 0 Å². The van der Waals surface area contributed by atoms with Gasteiger partial charge in [-0.1, -0.05) is 6.07 Å². The van der Waals surface area contributed by atoms with E-state index in [1.165, 1.54) is 0 Å². The zero-order valence-corrected chi connectivity index (χ0v) is 10.5. The van der Waals surface area contributed by atoms with E-state index in [0.29, 0.717) is 0 Å². The molecule has 0 fully saturated rings. The summed E-state index contributed by atoms with van der Waals surface area (Å²) in [6, 6.07) is 7.72. The molecule has 0 unspecified atom stereocenters. The summed E-state index contributed by atoms with van der Waals surface area (Å²) >= 11 is 0. The van der Waals surface area contributed by atoms with Crippen LogP contribution in [0.25, 0.3) is 5.69 Å². The molecule has 0 radical (unpaired) electrons. The van der Waals surface area contributed by atoms with Gasteiger partial charge in [-0.2, -0.15) is 4.68 Å². The summed E-state index contributed by atoms with van der Waals surface area (Å²) in [4.78, 5) is 0. The Kier molecular flexibility index (Phi) is 2.83. The number of hydrogen-bond acceptors (Lipinski definition) is 4. The van der Waals surface area contributed by atoms with Crippen molar-refractivity contribution >= 4 is 0 Å². The number of hydrogen-bond donors (Lipinski definition) is 0. The molecule has 90 valence electrons. The number of aryl methyl sites for hydroxylation is 1. The van der Waals surface area contributed by atoms with Gasteiger partial charge in [0.2, 0.25) is 0 Å². The van der Waals surface area contributed by atoms with Gasteiger partial charge in [-0.3, -0.25) is 0 Å². The third kappa shape index (κ3) is 2.81. The first kappa shape index (κ1) is 11.6. The van der Waals surface area contributed by atoms with Crippen molar-refractivity contribution in [3.8, 4) is 11.4 Å². The summed E-state index contributed by atoms with van der Waals surface area (Å²) in [5.41, 5.74) is 0.683. The molecule has 0 aliphatic heterocycles. The molecular weight excluding hydrogens is 216 g/mol. The van der Waals surface area contributed by atoms with Gasteiger partial charge in [0.25, 0.3) is 0 Å². The Bertz CT molecular complexity index is 513. The van der Waals surface area contributed by atoms with Crippen LogP contribution in [0, 0.1) is 6.92 Å². The molecule has 0 saturated heterocycles. The Morgan fingerprint density at radius 2 is 2.00 bits per heavy atom. The summed E-state index contributed by atoms with van der Waals surface area (Å²) in [6.07, 6.45) is 0. The number of benzene rings is 1. The fourth-order valence-electron chi connectivity index (χ4n) is 1.50. The lowest BCUT2D eigenvalue weighted by Gasteiger charge is -2.21. The van der Waals surface area contributed by atoms with E-state index in [1.807, 2.05) is 52.0 Å². The Morgan fingerprint density at radius 1 is 1.24 bits per heavy atom. The van der Waals surface area contributed by atoms with Crippen LogP contribution in [-0.2, 0) is 0 Å². The highest BCUT2D eigenvalue weighted by atomic mass is 16.5. The van der Waals surface area contributed by atoms with Gasteiger partial charge in [0.05, 0.1) is 5.69 Å². The number of nitrogens with zero attached hydrogens (tertiary/aromatic N) is 4. The van der Waals surface area contributed by atoms with Crippen LogP contribution in [-0.4, -0.2) is 25.8 Å². The van der Waals surface area contributed by atoms with Gasteiger partial charge in [-0.05, 0) is 50.3 Å². The topological polar surface area (TPSA) is 52.8 Å². The highest BCUT2D eigenvalue weighted by Crippen LogP contribution is 2.21. The maximum atomic E-state index is 5.80. The van der Waals surface area contributed by atoms with Gasteiger partial charge < -0.3 is 4.74 Å². The van der Waals surface area contributed by atoms with E-state index < -0.39 is 0 Å². The molecule has 2 rings (SSSR count). The van der Waals surface area contributed by atoms with Gasteiger partial charge in [0.15, 0.2) is 5.82 Å². The predicted molar refractivity (Wildman–Crippen MR) is 64.3 cm³/mol. The molecule has 0 N–H and O–H groups in total. The molecule has 0 amide bonds. The van der Waals surface area contributed by atoms with Crippen molar-refractivity contribution < 1.29 is 4.74 Å². The monoisotopic (exact) mass is 232 g/mol. The van der Waals surface area contributed by atoms with E-state index in [-0.39, 0.29) is 5.60 Å². The van der Waals surface area contributed by atoms with Gasteiger partial charge in [0.1, 0.15) is 11.4 Å². The lowest BCUT2D eigenvalue weighted by atomic mass is 10.2. The van der Waals surface area contributed by atoms with Crippen LogP contribution in [0.2, 0.25) is 0 Å². The Labute approximate surface area is 100 Å². The Hall–Kier alpha value is -1.91. The molecule has 5 nitrogen and oxygen atoms in total. The highest BCUT2D eigenvalue weighted by Gasteiger charge is 2.12.